The summed E-state index contributed by atoms with van der Waals surface area (Å²) in [6.45, 7) is 1.80. The van der Waals surface area contributed by atoms with E-state index in [2.05, 4.69) is 20.4 Å². The highest BCUT2D eigenvalue weighted by atomic mass is 19.4. The number of benzene rings is 1. The van der Waals surface area contributed by atoms with E-state index in [4.69, 9.17) is 0 Å². The maximum atomic E-state index is 12.9. The van der Waals surface area contributed by atoms with Gasteiger partial charge in [0.05, 0.1) is 6.20 Å². The number of anilines is 1. The highest BCUT2D eigenvalue weighted by molar-refractivity contribution is 5.66. The van der Waals surface area contributed by atoms with E-state index in [1.165, 1.54) is 6.92 Å². The summed E-state index contributed by atoms with van der Waals surface area (Å²) in [7, 11) is 1.82. The molecule has 0 saturated carbocycles. The molecule has 0 amide bonds. The lowest BCUT2D eigenvalue weighted by Gasteiger charge is -2.12. The molecule has 0 radical (unpaired) electrons. The molecule has 0 saturated heterocycles. The van der Waals surface area contributed by atoms with Crippen molar-refractivity contribution >= 4 is 5.95 Å². The summed E-state index contributed by atoms with van der Waals surface area (Å²) >= 11 is 0. The number of aromatic nitrogens is 4. The second-order valence-corrected chi connectivity index (χ2v) is 5.63. The molecule has 1 aromatic carbocycles. The van der Waals surface area contributed by atoms with Gasteiger partial charge in [-0.1, -0.05) is 24.3 Å². The van der Waals surface area contributed by atoms with E-state index >= 15 is 0 Å². The summed E-state index contributed by atoms with van der Waals surface area (Å²) in [4.78, 5) is 7.59. The Morgan fingerprint density at radius 2 is 1.92 bits per heavy atom. The molecule has 0 fully saturated rings. The van der Waals surface area contributed by atoms with E-state index in [0.717, 1.165) is 22.8 Å². The molecule has 2 heterocycles. The molecule has 0 atom stereocenters. The van der Waals surface area contributed by atoms with Crippen molar-refractivity contribution in [3.05, 3.63) is 59.7 Å². The van der Waals surface area contributed by atoms with Crippen molar-refractivity contribution in [1.82, 2.24) is 19.7 Å². The molecule has 3 aromatic rings. The van der Waals surface area contributed by atoms with Crippen LogP contribution in [-0.2, 0) is 19.8 Å². The minimum absolute atomic E-state index is 0.0479. The number of aryl methyl sites for hydroxylation is 2. The third-order valence-electron chi connectivity index (χ3n) is 3.61. The van der Waals surface area contributed by atoms with Gasteiger partial charge in [0.2, 0.25) is 5.95 Å². The van der Waals surface area contributed by atoms with Gasteiger partial charge in [-0.25, -0.2) is 9.97 Å². The Morgan fingerprint density at radius 1 is 1.16 bits per heavy atom. The van der Waals surface area contributed by atoms with Crippen molar-refractivity contribution in [2.24, 2.45) is 7.05 Å². The first kappa shape index (κ1) is 16.9. The van der Waals surface area contributed by atoms with Gasteiger partial charge in [-0.2, -0.15) is 18.3 Å². The van der Waals surface area contributed by atoms with Crippen molar-refractivity contribution in [3.63, 3.8) is 0 Å². The topological polar surface area (TPSA) is 55.6 Å². The van der Waals surface area contributed by atoms with E-state index in [-0.39, 0.29) is 11.6 Å². The van der Waals surface area contributed by atoms with E-state index in [9.17, 15) is 13.2 Å². The van der Waals surface area contributed by atoms with Gasteiger partial charge < -0.3 is 5.32 Å². The highest BCUT2D eigenvalue weighted by Gasteiger charge is 2.33. The summed E-state index contributed by atoms with van der Waals surface area (Å²) in [6, 6.07) is 8.53. The van der Waals surface area contributed by atoms with Gasteiger partial charge in [-0.3, -0.25) is 4.68 Å². The molecule has 0 aliphatic rings. The van der Waals surface area contributed by atoms with E-state index in [1.54, 1.807) is 10.9 Å². The first-order valence-electron chi connectivity index (χ1n) is 7.56. The number of nitrogens with zero attached hydrogens (tertiary/aromatic N) is 4. The first-order valence-corrected chi connectivity index (χ1v) is 7.56. The fraction of sp³-hybridized carbons (Fsp3) is 0.235. The van der Waals surface area contributed by atoms with Gasteiger partial charge in [0, 0.05) is 31.0 Å². The van der Waals surface area contributed by atoms with Crippen molar-refractivity contribution in [2.45, 2.75) is 19.6 Å². The monoisotopic (exact) mass is 347 g/mol. The first-order chi connectivity index (χ1) is 11.8. The van der Waals surface area contributed by atoms with Crippen LogP contribution in [0.4, 0.5) is 19.1 Å². The van der Waals surface area contributed by atoms with Crippen molar-refractivity contribution in [1.29, 1.82) is 0 Å². The number of hydrogen-bond donors (Lipinski definition) is 1. The van der Waals surface area contributed by atoms with Crippen LogP contribution in [0.5, 0.6) is 0 Å². The van der Waals surface area contributed by atoms with Crippen LogP contribution in [0.1, 0.15) is 17.0 Å². The van der Waals surface area contributed by atoms with E-state index < -0.39 is 11.9 Å². The number of rotatable bonds is 4. The molecular weight excluding hydrogens is 331 g/mol. The van der Waals surface area contributed by atoms with Gasteiger partial charge in [0.25, 0.3) is 0 Å². The largest absolute Gasteiger partial charge is 0.433 e. The Hall–Kier alpha value is -2.90. The lowest BCUT2D eigenvalue weighted by atomic mass is 10.0. The van der Waals surface area contributed by atoms with Crippen LogP contribution < -0.4 is 5.32 Å². The summed E-state index contributed by atoms with van der Waals surface area (Å²) in [5, 5.41) is 7.03. The second kappa shape index (κ2) is 6.54. The quantitative estimate of drug-likeness (QED) is 0.780. The predicted molar refractivity (Wildman–Crippen MR) is 87.7 cm³/mol. The fourth-order valence-corrected chi connectivity index (χ4v) is 2.48. The molecule has 0 aliphatic heterocycles. The molecule has 130 valence electrons. The zero-order chi connectivity index (χ0) is 18.0. The van der Waals surface area contributed by atoms with E-state index in [1.807, 2.05) is 37.5 Å². The molecular formula is C17H16F3N5. The highest BCUT2D eigenvalue weighted by Crippen LogP contribution is 2.29. The maximum absolute atomic E-state index is 12.9. The van der Waals surface area contributed by atoms with Crippen LogP contribution in [-0.4, -0.2) is 19.7 Å². The van der Waals surface area contributed by atoms with Gasteiger partial charge in [0.1, 0.15) is 5.69 Å². The Balaban J connectivity index is 1.85. The maximum Gasteiger partial charge on any atom is 0.433 e. The Bertz CT molecular complexity index is 886. The summed E-state index contributed by atoms with van der Waals surface area (Å²) < 4.78 is 40.3. The molecule has 0 bridgehead atoms. The van der Waals surface area contributed by atoms with Gasteiger partial charge in [-0.15, -0.1) is 0 Å². The standard InChI is InChI=1S/C17H16F3N5/c1-11-7-15(17(18,19)20)24-16(23-11)21-8-12-5-3-4-6-14(12)13-9-22-25(2)10-13/h3-7,9-10H,8H2,1-2H3,(H,21,23,24). The Kier molecular flexibility index (Phi) is 4.43. The zero-order valence-electron chi connectivity index (χ0n) is 13.7. The van der Waals surface area contributed by atoms with Crippen molar-refractivity contribution in [2.75, 3.05) is 5.32 Å². The number of hydrogen-bond acceptors (Lipinski definition) is 4. The third kappa shape index (κ3) is 3.96. The smallest absolute Gasteiger partial charge is 0.350 e. The Labute approximate surface area is 142 Å². The van der Waals surface area contributed by atoms with Crippen LogP contribution >= 0.6 is 0 Å². The predicted octanol–water partition coefficient (Wildman–Crippen LogP) is 3.82. The number of nitrogens with one attached hydrogen (secondary N) is 1. The average molecular weight is 347 g/mol. The minimum atomic E-state index is -4.50. The van der Waals surface area contributed by atoms with Gasteiger partial charge in [-0.05, 0) is 24.1 Å². The minimum Gasteiger partial charge on any atom is -0.350 e. The lowest BCUT2D eigenvalue weighted by molar-refractivity contribution is -0.141. The van der Waals surface area contributed by atoms with Crippen LogP contribution in [0.3, 0.4) is 0 Å². The van der Waals surface area contributed by atoms with Gasteiger partial charge >= 0.3 is 6.18 Å². The molecule has 0 aliphatic carbocycles. The number of alkyl halides is 3. The fourth-order valence-electron chi connectivity index (χ4n) is 2.48. The lowest BCUT2D eigenvalue weighted by Crippen LogP contribution is -2.13. The Morgan fingerprint density at radius 3 is 2.60 bits per heavy atom. The third-order valence-corrected chi connectivity index (χ3v) is 3.61. The SMILES string of the molecule is Cc1cc(C(F)(F)F)nc(NCc2ccccc2-c2cnn(C)c2)n1. The zero-order valence-corrected chi connectivity index (χ0v) is 13.7. The molecule has 0 spiro atoms. The molecule has 2 aromatic heterocycles. The molecule has 1 N–H and O–H groups in total. The average Bonchev–Trinajstić information content (AvgIpc) is 2.98. The van der Waals surface area contributed by atoms with Crippen LogP contribution in [0.15, 0.2) is 42.7 Å². The number of halogens is 3. The van der Waals surface area contributed by atoms with Crippen molar-refractivity contribution in [3.8, 4) is 11.1 Å². The second-order valence-electron chi connectivity index (χ2n) is 5.63. The van der Waals surface area contributed by atoms with E-state index in [0.29, 0.717) is 6.54 Å². The molecule has 3 rings (SSSR count). The summed E-state index contributed by atoms with van der Waals surface area (Å²) in [6.07, 6.45) is -0.884. The normalized spacial score (nSPS) is 11.6. The molecule has 5 nitrogen and oxygen atoms in total. The van der Waals surface area contributed by atoms with Crippen LogP contribution in [0.2, 0.25) is 0 Å². The van der Waals surface area contributed by atoms with Crippen LogP contribution in [0, 0.1) is 6.92 Å². The van der Waals surface area contributed by atoms with Crippen LogP contribution in [0.25, 0.3) is 11.1 Å². The molecule has 8 heteroatoms. The molecule has 0 unspecified atom stereocenters. The summed E-state index contributed by atoms with van der Waals surface area (Å²) in [5.41, 5.74) is 2.09. The van der Waals surface area contributed by atoms with Gasteiger partial charge in [0.15, 0.2) is 0 Å². The van der Waals surface area contributed by atoms with Crippen molar-refractivity contribution < 1.29 is 13.2 Å². The summed E-state index contributed by atoms with van der Waals surface area (Å²) in [5.74, 6) is -0.0479. The molecule has 25 heavy (non-hydrogen) atoms.